The maximum atomic E-state index is 6.41. The maximum Gasteiger partial charge on any atom is 0.242 e. The number of aromatic amines is 1. The number of nitrogens with zero attached hydrogens (tertiary/aromatic N) is 3. The van der Waals surface area contributed by atoms with E-state index in [0.717, 1.165) is 28.0 Å². The summed E-state index contributed by atoms with van der Waals surface area (Å²) in [7, 11) is 0. The average Bonchev–Trinajstić information content (AvgIpc) is 3.14. The summed E-state index contributed by atoms with van der Waals surface area (Å²) in [6.45, 7) is 2.27. The third kappa shape index (κ3) is 4.36. The van der Waals surface area contributed by atoms with Gasteiger partial charge in [0.1, 0.15) is 18.1 Å². The number of benzene rings is 1. The zero-order valence-electron chi connectivity index (χ0n) is 15.4. The first kappa shape index (κ1) is 19.3. The number of rotatable bonds is 7. The predicted octanol–water partition coefficient (Wildman–Crippen LogP) is 5.47. The molecule has 7 nitrogen and oxygen atoms in total. The predicted molar refractivity (Wildman–Crippen MR) is 114 cm³/mol. The Hall–Kier alpha value is -3.03. The fourth-order valence-electron chi connectivity index (χ4n) is 2.74. The van der Waals surface area contributed by atoms with Gasteiger partial charge < -0.3 is 14.8 Å². The molecule has 0 amide bonds. The first-order valence-electron chi connectivity index (χ1n) is 8.82. The SMILES string of the molecule is Cc1ccc(Oc2ccc(Nc3cncc4[nH]nc(OCCCl)c34)cc2Cl)cn1. The van der Waals surface area contributed by atoms with Gasteiger partial charge in [-0.25, -0.2) is 0 Å². The summed E-state index contributed by atoms with van der Waals surface area (Å²) < 4.78 is 11.4. The summed E-state index contributed by atoms with van der Waals surface area (Å²) in [5, 5.41) is 11.6. The summed E-state index contributed by atoms with van der Waals surface area (Å²) in [4.78, 5) is 8.44. The highest BCUT2D eigenvalue weighted by Crippen LogP contribution is 2.35. The summed E-state index contributed by atoms with van der Waals surface area (Å²) in [6.07, 6.45) is 5.04. The minimum absolute atomic E-state index is 0.356. The lowest BCUT2D eigenvalue weighted by molar-refractivity contribution is 0.332. The van der Waals surface area contributed by atoms with Crippen LogP contribution in [0, 0.1) is 6.92 Å². The Labute approximate surface area is 177 Å². The van der Waals surface area contributed by atoms with Gasteiger partial charge in [0.15, 0.2) is 0 Å². The highest BCUT2D eigenvalue weighted by molar-refractivity contribution is 6.32. The molecule has 0 radical (unpaired) electrons. The third-order valence-corrected chi connectivity index (χ3v) is 4.53. The Kier molecular flexibility index (Phi) is 5.69. The number of fused-ring (bicyclic) bond motifs is 1. The number of halogens is 2. The molecule has 0 unspecified atom stereocenters. The summed E-state index contributed by atoms with van der Waals surface area (Å²) in [5.74, 6) is 1.99. The first-order chi connectivity index (χ1) is 14.1. The van der Waals surface area contributed by atoms with E-state index in [1.807, 2.05) is 25.1 Å². The Morgan fingerprint density at radius 1 is 1.14 bits per heavy atom. The van der Waals surface area contributed by atoms with Gasteiger partial charge in [0.2, 0.25) is 5.88 Å². The third-order valence-electron chi connectivity index (χ3n) is 4.08. The summed E-state index contributed by atoms with van der Waals surface area (Å²) in [5.41, 5.74) is 3.16. The molecular weight excluding hydrogens is 413 g/mol. The molecule has 0 aliphatic rings. The average molecular weight is 430 g/mol. The van der Waals surface area contributed by atoms with Crippen molar-refractivity contribution in [1.29, 1.82) is 0 Å². The molecule has 148 valence electrons. The van der Waals surface area contributed by atoms with Crippen LogP contribution in [0.3, 0.4) is 0 Å². The van der Waals surface area contributed by atoms with Gasteiger partial charge in [0.05, 0.1) is 46.1 Å². The Morgan fingerprint density at radius 2 is 2.03 bits per heavy atom. The van der Waals surface area contributed by atoms with Crippen LogP contribution in [-0.4, -0.2) is 32.7 Å². The van der Waals surface area contributed by atoms with Crippen LogP contribution in [0.4, 0.5) is 11.4 Å². The number of pyridine rings is 2. The fourth-order valence-corrected chi connectivity index (χ4v) is 3.03. The number of H-pyrrole nitrogens is 1. The highest BCUT2D eigenvalue weighted by atomic mass is 35.5. The molecule has 0 saturated carbocycles. The largest absolute Gasteiger partial charge is 0.475 e. The molecule has 4 aromatic rings. The molecule has 4 rings (SSSR count). The van der Waals surface area contributed by atoms with E-state index in [2.05, 4.69) is 25.5 Å². The lowest BCUT2D eigenvalue weighted by Crippen LogP contribution is -1.99. The van der Waals surface area contributed by atoms with Crippen LogP contribution in [0.1, 0.15) is 5.69 Å². The Morgan fingerprint density at radius 3 is 2.79 bits per heavy atom. The molecule has 0 saturated heterocycles. The number of nitrogens with one attached hydrogen (secondary N) is 2. The Balaban J connectivity index is 1.57. The van der Waals surface area contributed by atoms with Gasteiger partial charge in [-0.1, -0.05) is 11.6 Å². The van der Waals surface area contributed by atoms with Gasteiger partial charge in [-0.05, 0) is 37.3 Å². The zero-order valence-corrected chi connectivity index (χ0v) is 17.0. The van der Waals surface area contributed by atoms with Crippen molar-refractivity contribution in [3.63, 3.8) is 0 Å². The molecule has 29 heavy (non-hydrogen) atoms. The minimum Gasteiger partial charge on any atom is -0.475 e. The van der Waals surface area contributed by atoms with Crippen molar-refractivity contribution >= 4 is 45.5 Å². The first-order valence-corrected chi connectivity index (χ1v) is 9.73. The van der Waals surface area contributed by atoms with E-state index in [9.17, 15) is 0 Å². The maximum absolute atomic E-state index is 6.41. The molecule has 1 aromatic carbocycles. The summed E-state index contributed by atoms with van der Waals surface area (Å²) in [6, 6.07) is 9.15. The number of aromatic nitrogens is 4. The molecule has 0 spiro atoms. The van der Waals surface area contributed by atoms with E-state index in [4.69, 9.17) is 32.7 Å². The second-order valence-corrected chi connectivity index (χ2v) is 6.97. The van der Waals surface area contributed by atoms with Crippen LogP contribution >= 0.6 is 23.2 Å². The summed E-state index contributed by atoms with van der Waals surface area (Å²) >= 11 is 12.1. The molecule has 0 fully saturated rings. The van der Waals surface area contributed by atoms with Crippen LogP contribution in [-0.2, 0) is 0 Å². The van der Waals surface area contributed by atoms with Gasteiger partial charge in [-0.15, -0.1) is 16.7 Å². The van der Waals surface area contributed by atoms with Gasteiger partial charge in [0.25, 0.3) is 0 Å². The molecule has 3 heterocycles. The minimum atomic E-state index is 0.356. The number of hydrogen-bond acceptors (Lipinski definition) is 6. The molecule has 9 heteroatoms. The van der Waals surface area contributed by atoms with E-state index in [1.54, 1.807) is 30.7 Å². The molecule has 0 aliphatic heterocycles. The van der Waals surface area contributed by atoms with Crippen LogP contribution in [0.25, 0.3) is 10.9 Å². The number of aryl methyl sites for hydroxylation is 1. The lowest BCUT2D eigenvalue weighted by Gasteiger charge is -2.12. The quantitative estimate of drug-likeness (QED) is 0.379. The zero-order chi connectivity index (χ0) is 20.2. The van der Waals surface area contributed by atoms with Crippen molar-refractivity contribution in [2.75, 3.05) is 17.8 Å². The van der Waals surface area contributed by atoms with E-state index >= 15 is 0 Å². The van der Waals surface area contributed by atoms with E-state index in [1.165, 1.54) is 0 Å². The topological polar surface area (TPSA) is 85.0 Å². The molecule has 0 aliphatic carbocycles. The van der Waals surface area contributed by atoms with E-state index < -0.39 is 0 Å². The normalized spacial score (nSPS) is 10.9. The van der Waals surface area contributed by atoms with Crippen LogP contribution in [0.15, 0.2) is 48.9 Å². The molecule has 0 bridgehead atoms. The van der Waals surface area contributed by atoms with Crippen molar-refractivity contribution in [2.45, 2.75) is 6.92 Å². The van der Waals surface area contributed by atoms with Gasteiger partial charge in [-0.3, -0.25) is 15.1 Å². The van der Waals surface area contributed by atoms with Gasteiger partial charge in [0, 0.05) is 11.4 Å². The van der Waals surface area contributed by atoms with Crippen molar-refractivity contribution in [3.8, 4) is 17.4 Å². The lowest BCUT2D eigenvalue weighted by atomic mass is 10.2. The second kappa shape index (κ2) is 8.55. The molecule has 2 N–H and O–H groups in total. The second-order valence-electron chi connectivity index (χ2n) is 6.18. The molecule has 3 aromatic heterocycles. The smallest absolute Gasteiger partial charge is 0.242 e. The van der Waals surface area contributed by atoms with Crippen LogP contribution in [0.5, 0.6) is 17.4 Å². The van der Waals surface area contributed by atoms with Gasteiger partial charge in [-0.2, -0.15) is 0 Å². The standard InChI is InChI=1S/C20H17Cl2N5O2/c1-12-2-4-14(9-24-12)29-18-5-3-13(8-15(18)22)25-16-10-23-11-17-19(16)20(27-26-17)28-7-6-21/h2-5,8-11,25H,6-7H2,1H3,(H,26,27). The van der Waals surface area contributed by atoms with Crippen LogP contribution < -0.4 is 14.8 Å². The van der Waals surface area contributed by atoms with Gasteiger partial charge >= 0.3 is 0 Å². The number of ether oxygens (including phenoxy) is 2. The van der Waals surface area contributed by atoms with Crippen molar-refractivity contribution in [2.24, 2.45) is 0 Å². The number of anilines is 2. The van der Waals surface area contributed by atoms with Crippen LogP contribution in [0.2, 0.25) is 5.02 Å². The van der Waals surface area contributed by atoms with E-state index in [-0.39, 0.29) is 0 Å². The Bertz CT molecular complexity index is 1130. The van der Waals surface area contributed by atoms with E-state index in [0.29, 0.717) is 34.9 Å². The highest BCUT2D eigenvalue weighted by Gasteiger charge is 2.13. The molecule has 0 atom stereocenters. The number of hydrogen-bond donors (Lipinski definition) is 2. The van der Waals surface area contributed by atoms with Crippen molar-refractivity contribution in [1.82, 2.24) is 20.2 Å². The van der Waals surface area contributed by atoms with Crippen molar-refractivity contribution in [3.05, 3.63) is 59.6 Å². The molecular formula is C20H17Cl2N5O2. The van der Waals surface area contributed by atoms with Crippen molar-refractivity contribution < 1.29 is 9.47 Å². The number of alkyl halides is 1. The fraction of sp³-hybridized carbons (Fsp3) is 0.150. The monoisotopic (exact) mass is 429 g/mol.